The predicted octanol–water partition coefficient (Wildman–Crippen LogP) is 2.55. The first-order chi connectivity index (χ1) is 8.15. The molecule has 1 aromatic heterocycles. The minimum atomic E-state index is -3.94. The highest BCUT2D eigenvalue weighted by atomic mass is 79.9. The van der Waals surface area contributed by atoms with Crippen LogP contribution in [0.5, 0.6) is 0 Å². The number of hydrogen-bond acceptors (Lipinski definition) is 4. The Morgan fingerprint density at radius 1 is 1.56 bits per heavy atom. The van der Waals surface area contributed by atoms with Crippen LogP contribution in [0.15, 0.2) is 14.7 Å². The molecule has 0 aliphatic rings. The molecule has 0 saturated heterocycles. The van der Waals surface area contributed by atoms with Crippen molar-refractivity contribution in [3.8, 4) is 0 Å². The number of thiophene rings is 1. The van der Waals surface area contributed by atoms with Gasteiger partial charge >= 0.3 is 5.97 Å². The fraction of sp³-hybridized carbons (Fsp3) is 0.444. The normalized spacial score (nSPS) is 13.8. The lowest BCUT2D eigenvalue weighted by Gasteiger charge is -2.17. The summed E-state index contributed by atoms with van der Waals surface area (Å²) in [6.45, 7) is 3.24. The first-order valence-electron chi connectivity index (χ1n) is 4.85. The highest BCUT2D eigenvalue weighted by Gasteiger charge is 2.30. The van der Waals surface area contributed by atoms with E-state index in [0.717, 1.165) is 11.3 Å². The Balaban J connectivity index is 3.08. The number of aliphatic carboxylic acids is 1. The molecule has 18 heavy (non-hydrogen) atoms. The quantitative estimate of drug-likeness (QED) is 0.827. The smallest absolute Gasteiger partial charge is 0.322 e. The van der Waals surface area contributed by atoms with Gasteiger partial charge < -0.3 is 5.11 Å². The van der Waals surface area contributed by atoms with E-state index in [1.54, 1.807) is 13.8 Å². The Kier molecular flexibility index (Phi) is 5.19. The lowest BCUT2D eigenvalue weighted by molar-refractivity contribution is -0.140. The van der Waals surface area contributed by atoms with E-state index >= 15 is 0 Å². The maximum Gasteiger partial charge on any atom is 0.322 e. The molecule has 1 heterocycles. The Morgan fingerprint density at radius 2 is 2.11 bits per heavy atom. The molecule has 0 amide bonds. The van der Waals surface area contributed by atoms with Crippen LogP contribution >= 0.6 is 38.9 Å². The van der Waals surface area contributed by atoms with Crippen LogP contribution in [-0.2, 0) is 14.8 Å². The van der Waals surface area contributed by atoms with E-state index in [-0.39, 0.29) is 15.1 Å². The molecule has 5 nitrogen and oxygen atoms in total. The van der Waals surface area contributed by atoms with Crippen molar-refractivity contribution in [2.75, 3.05) is 0 Å². The van der Waals surface area contributed by atoms with Gasteiger partial charge in [-0.3, -0.25) is 4.79 Å². The van der Waals surface area contributed by atoms with Crippen molar-refractivity contribution in [1.82, 2.24) is 4.72 Å². The average Bonchev–Trinajstić information content (AvgIpc) is 2.54. The van der Waals surface area contributed by atoms with Crippen molar-refractivity contribution >= 4 is 54.9 Å². The van der Waals surface area contributed by atoms with E-state index in [0.29, 0.717) is 3.79 Å². The summed E-state index contributed by atoms with van der Waals surface area (Å²) in [5, 5.41) is 8.96. The van der Waals surface area contributed by atoms with Gasteiger partial charge in [0.15, 0.2) is 0 Å². The van der Waals surface area contributed by atoms with Crippen LogP contribution in [-0.4, -0.2) is 25.5 Å². The molecule has 0 spiro atoms. The molecule has 102 valence electrons. The summed E-state index contributed by atoms with van der Waals surface area (Å²) in [5.74, 6) is -1.60. The van der Waals surface area contributed by atoms with Gasteiger partial charge in [-0.1, -0.05) is 25.4 Å². The molecule has 0 bridgehead atoms. The van der Waals surface area contributed by atoms with Gasteiger partial charge in [-0.15, -0.1) is 11.3 Å². The summed E-state index contributed by atoms with van der Waals surface area (Å²) in [5.41, 5.74) is 0. The first kappa shape index (κ1) is 15.9. The van der Waals surface area contributed by atoms with Crippen LogP contribution in [0, 0.1) is 5.92 Å². The fourth-order valence-corrected chi connectivity index (χ4v) is 5.32. The first-order valence-corrected chi connectivity index (χ1v) is 8.32. The van der Waals surface area contributed by atoms with Crippen molar-refractivity contribution in [2.45, 2.75) is 24.8 Å². The molecule has 0 aliphatic carbocycles. The Bertz CT molecular complexity index is 555. The summed E-state index contributed by atoms with van der Waals surface area (Å²) in [7, 11) is -3.94. The number of nitrogens with one attached hydrogen (secondary N) is 1. The fourth-order valence-electron chi connectivity index (χ4n) is 1.21. The maximum absolute atomic E-state index is 12.0. The van der Waals surface area contributed by atoms with Gasteiger partial charge in [0.1, 0.15) is 15.3 Å². The summed E-state index contributed by atoms with van der Waals surface area (Å²) >= 11 is 9.97. The zero-order chi connectivity index (χ0) is 14.1. The van der Waals surface area contributed by atoms with Gasteiger partial charge in [0.2, 0.25) is 10.0 Å². The van der Waals surface area contributed by atoms with Crippen molar-refractivity contribution < 1.29 is 18.3 Å². The van der Waals surface area contributed by atoms with Crippen LogP contribution < -0.4 is 4.72 Å². The molecule has 0 saturated carbocycles. The molecule has 0 unspecified atom stereocenters. The number of halogens is 2. The van der Waals surface area contributed by atoms with Crippen molar-refractivity contribution in [3.05, 3.63) is 14.2 Å². The maximum atomic E-state index is 12.0. The molecule has 0 aliphatic heterocycles. The summed E-state index contributed by atoms with van der Waals surface area (Å²) in [6.07, 6.45) is 0. The molecular weight excluding hydrogens is 366 g/mol. The highest BCUT2D eigenvalue weighted by Crippen LogP contribution is 2.34. The third-order valence-electron chi connectivity index (χ3n) is 2.13. The monoisotopic (exact) mass is 375 g/mol. The summed E-state index contributed by atoms with van der Waals surface area (Å²) in [4.78, 5) is 10.9. The SMILES string of the molecule is CC(C)[C@H](NS(=O)(=O)c1cc(Br)sc1Cl)C(=O)O. The van der Waals surface area contributed by atoms with E-state index in [4.69, 9.17) is 16.7 Å². The molecule has 2 N–H and O–H groups in total. The number of hydrogen-bond donors (Lipinski definition) is 2. The van der Waals surface area contributed by atoms with Crippen LogP contribution in [0.4, 0.5) is 0 Å². The molecule has 0 aromatic carbocycles. The lowest BCUT2D eigenvalue weighted by atomic mass is 10.1. The Labute approximate surface area is 122 Å². The minimum Gasteiger partial charge on any atom is -0.480 e. The van der Waals surface area contributed by atoms with Gasteiger partial charge in [-0.05, 0) is 27.9 Å². The van der Waals surface area contributed by atoms with Gasteiger partial charge in [-0.25, -0.2) is 8.42 Å². The summed E-state index contributed by atoms with van der Waals surface area (Å²) in [6, 6.07) is 0.152. The average molecular weight is 377 g/mol. The zero-order valence-corrected chi connectivity index (χ0v) is 13.5. The van der Waals surface area contributed by atoms with E-state index in [9.17, 15) is 13.2 Å². The van der Waals surface area contributed by atoms with Gasteiger partial charge in [-0.2, -0.15) is 4.72 Å². The van der Waals surface area contributed by atoms with E-state index in [2.05, 4.69) is 20.7 Å². The third-order valence-corrected chi connectivity index (χ3v) is 5.70. The van der Waals surface area contributed by atoms with Crippen molar-refractivity contribution in [3.63, 3.8) is 0 Å². The molecule has 1 rings (SSSR count). The number of carboxylic acid groups (broad SMARTS) is 1. The molecule has 1 aromatic rings. The van der Waals surface area contributed by atoms with E-state index in [1.807, 2.05) is 0 Å². The van der Waals surface area contributed by atoms with Crippen molar-refractivity contribution in [1.29, 1.82) is 0 Å². The van der Waals surface area contributed by atoms with Gasteiger partial charge in [0, 0.05) is 0 Å². The number of sulfonamides is 1. The summed E-state index contributed by atoms with van der Waals surface area (Å²) < 4.78 is 26.8. The van der Waals surface area contributed by atoms with Crippen LogP contribution in [0.3, 0.4) is 0 Å². The molecule has 0 radical (unpaired) electrons. The van der Waals surface area contributed by atoms with E-state index in [1.165, 1.54) is 6.07 Å². The second-order valence-corrected chi connectivity index (χ2v) is 8.59. The number of carbonyl (C=O) groups is 1. The van der Waals surface area contributed by atoms with Gasteiger partial charge in [0.25, 0.3) is 0 Å². The molecule has 9 heteroatoms. The second kappa shape index (κ2) is 5.87. The topological polar surface area (TPSA) is 83.5 Å². The third kappa shape index (κ3) is 3.67. The largest absolute Gasteiger partial charge is 0.480 e. The number of rotatable bonds is 5. The van der Waals surface area contributed by atoms with Crippen molar-refractivity contribution in [2.24, 2.45) is 5.92 Å². The number of carboxylic acids is 1. The minimum absolute atomic E-state index is 0.0854. The molecular formula is C9H11BrClNO4S2. The van der Waals surface area contributed by atoms with Crippen LogP contribution in [0.2, 0.25) is 4.34 Å². The predicted molar refractivity (Wildman–Crippen MR) is 73.6 cm³/mol. The van der Waals surface area contributed by atoms with E-state index < -0.39 is 22.0 Å². The second-order valence-electron chi connectivity index (χ2n) is 3.87. The van der Waals surface area contributed by atoms with Crippen LogP contribution in [0.1, 0.15) is 13.8 Å². The van der Waals surface area contributed by atoms with Crippen LogP contribution in [0.25, 0.3) is 0 Å². The Morgan fingerprint density at radius 3 is 2.44 bits per heavy atom. The zero-order valence-electron chi connectivity index (χ0n) is 9.48. The molecule has 0 fully saturated rings. The van der Waals surface area contributed by atoms with Gasteiger partial charge in [0.05, 0.1) is 3.79 Å². The lowest BCUT2D eigenvalue weighted by Crippen LogP contribution is -2.44. The Hall–Kier alpha value is -0.150. The standard InChI is InChI=1S/C9H11BrClNO4S2/c1-4(2)7(9(13)14)12-18(15,16)5-3-6(10)17-8(5)11/h3-4,7,12H,1-2H3,(H,13,14)/t7-/m0/s1. The highest BCUT2D eigenvalue weighted by molar-refractivity contribution is 9.11. The molecule has 1 atom stereocenters.